The Bertz CT molecular complexity index is 754. The number of hydrogen-bond donors (Lipinski definition) is 2. The lowest BCUT2D eigenvalue weighted by Crippen LogP contribution is -2.31. The second-order valence-electron chi connectivity index (χ2n) is 7.44. The van der Waals surface area contributed by atoms with Crippen molar-refractivity contribution in [1.82, 2.24) is 10.6 Å². The first kappa shape index (κ1) is 19.9. The number of amides is 1. The van der Waals surface area contributed by atoms with Gasteiger partial charge in [0.1, 0.15) is 11.6 Å². The molecule has 0 saturated heterocycles. The van der Waals surface area contributed by atoms with Crippen molar-refractivity contribution in [2.75, 3.05) is 0 Å². The first-order valence-electron chi connectivity index (χ1n) is 8.87. The van der Waals surface area contributed by atoms with Gasteiger partial charge in [0, 0.05) is 16.7 Å². The van der Waals surface area contributed by atoms with Crippen LogP contribution < -0.4 is 10.6 Å². The summed E-state index contributed by atoms with van der Waals surface area (Å²) in [6.45, 7) is 13.3. The maximum absolute atomic E-state index is 13.1. The Labute approximate surface area is 155 Å². The largest absolute Gasteiger partial charge is 0.365 e. The van der Waals surface area contributed by atoms with Crippen LogP contribution in [0.15, 0.2) is 51.8 Å². The van der Waals surface area contributed by atoms with Crippen LogP contribution in [0.25, 0.3) is 0 Å². The van der Waals surface area contributed by atoms with E-state index in [1.165, 1.54) is 12.1 Å². The molecule has 1 aromatic rings. The third-order valence-corrected chi connectivity index (χ3v) is 4.75. The molecule has 1 aliphatic rings. The molecule has 2 rings (SSSR count). The van der Waals surface area contributed by atoms with Crippen molar-refractivity contribution < 1.29 is 9.18 Å². The normalized spacial score (nSPS) is 16.8. The molecule has 2 N–H and O–H groups in total. The van der Waals surface area contributed by atoms with Crippen molar-refractivity contribution in [3.05, 3.63) is 58.2 Å². The fourth-order valence-corrected chi connectivity index (χ4v) is 2.84. The van der Waals surface area contributed by atoms with Crippen molar-refractivity contribution in [3.8, 4) is 0 Å². The number of aliphatic imine (C=N–C) groups is 1. The summed E-state index contributed by atoms with van der Waals surface area (Å²) in [6, 6.07) is 5.91. The van der Waals surface area contributed by atoms with Gasteiger partial charge in [0.25, 0.3) is 5.91 Å². The summed E-state index contributed by atoms with van der Waals surface area (Å²) in [6.07, 6.45) is 2.16. The van der Waals surface area contributed by atoms with Crippen LogP contribution in [-0.4, -0.2) is 18.2 Å². The Morgan fingerprint density at radius 1 is 1.23 bits per heavy atom. The molecule has 0 radical (unpaired) electrons. The van der Waals surface area contributed by atoms with E-state index in [0.29, 0.717) is 11.4 Å². The van der Waals surface area contributed by atoms with E-state index in [9.17, 15) is 9.18 Å². The molecule has 0 aromatic heterocycles. The van der Waals surface area contributed by atoms with Gasteiger partial charge in [-0.2, -0.15) is 0 Å². The minimum absolute atomic E-state index is 0.0441. The van der Waals surface area contributed by atoms with Gasteiger partial charge in [-0.05, 0) is 71.9 Å². The highest BCUT2D eigenvalue weighted by molar-refractivity contribution is 5.98. The Balaban J connectivity index is 2.23. The highest BCUT2D eigenvalue weighted by Crippen LogP contribution is 2.36. The van der Waals surface area contributed by atoms with Gasteiger partial charge in [-0.1, -0.05) is 17.7 Å². The summed E-state index contributed by atoms with van der Waals surface area (Å²) < 4.78 is 13.1. The van der Waals surface area contributed by atoms with Gasteiger partial charge in [-0.25, -0.2) is 9.38 Å². The zero-order valence-electron chi connectivity index (χ0n) is 16.2. The molecule has 0 spiro atoms. The summed E-state index contributed by atoms with van der Waals surface area (Å²) in [7, 11) is 0. The molecule has 26 heavy (non-hydrogen) atoms. The number of nitrogens with one attached hydrogen (secondary N) is 2. The zero-order chi connectivity index (χ0) is 19.5. The molecule has 5 heteroatoms. The van der Waals surface area contributed by atoms with E-state index in [4.69, 9.17) is 0 Å². The molecule has 1 atom stereocenters. The van der Waals surface area contributed by atoms with Crippen LogP contribution in [0.5, 0.6) is 0 Å². The maximum atomic E-state index is 13.1. The summed E-state index contributed by atoms with van der Waals surface area (Å²) in [4.78, 5) is 17.0. The fraction of sp³-hybridized carbons (Fsp3) is 0.429. The topological polar surface area (TPSA) is 53.5 Å². The zero-order valence-corrected chi connectivity index (χ0v) is 16.2. The lowest BCUT2D eigenvalue weighted by molar-refractivity contribution is -0.117. The third-order valence-electron chi connectivity index (χ3n) is 4.75. The van der Waals surface area contributed by atoms with Gasteiger partial charge >= 0.3 is 0 Å². The molecule has 1 amide bonds. The molecule has 1 fully saturated rings. The standard InChI is InChI=1S/C21H28FN3O/c1-13(2)18(14(3)19(23-6)25-21(5)11-12-21)20(26)24-15(4)16-7-9-17(22)10-8-16/h7-10,15,25H,6,11-12H2,1-5H3,(H,24,26)/b19-14-/t15-/m1/s1. The monoisotopic (exact) mass is 357 g/mol. The fourth-order valence-electron chi connectivity index (χ4n) is 2.84. The van der Waals surface area contributed by atoms with E-state index in [1.54, 1.807) is 12.1 Å². The van der Waals surface area contributed by atoms with Crippen LogP contribution >= 0.6 is 0 Å². The highest BCUT2D eigenvalue weighted by atomic mass is 19.1. The van der Waals surface area contributed by atoms with Crippen molar-refractivity contribution in [1.29, 1.82) is 0 Å². The summed E-state index contributed by atoms with van der Waals surface area (Å²) in [5.74, 6) is 0.173. The number of allylic oxidation sites excluding steroid dienone is 1. The number of rotatable bonds is 7. The Morgan fingerprint density at radius 2 is 1.81 bits per heavy atom. The summed E-state index contributed by atoms with van der Waals surface area (Å²) in [5.41, 5.74) is 3.16. The second-order valence-corrected chi connectivity index (χ2v) is 7.44. The lowest BCUT2D eigenvalue weighted by atomic mass is 10.00. The average molecular weight is 357 g/mol. The lowest BCUT2D eigenvalue weighted by Gasteiger charge is -2.20. The van der Waals surface area contributed by atoms with E-state index in [1.807, 2.05) is 27.7 Å². The van der Waals surface area contributed by atoms with E-state index in [0.717, 1.165) is 29.6 Å². The maximum Gasteiger partial charge on any atom is 0.252 e. The minimum Gasteiger partial charge on any atom is -0.365 e. The molecular weight excluding hydrogens is 329 g/mol. The van der Waals surface area contributed by atoms with Crippen LogP contribution in [0.1, 0.15) is 59.1 Å². The van der Waals surface area contributed by atoms with E-state index in [2.05, 4.69) is 29.3 Å². The van der Waals surface area contributed by atoms with Gasteiger partial charge in [0.2, 0.25) is 0 Å². The summed E-state index contributed by atoms with van der Waals surface area (Å²) in [5, 5.41) is 6.38. The van der Waals surface area contributed by atoms with Gasteiger partial charge in [-0.3, -0.25) is 4.79 Å². The van der Waals surface area contributed by atoms with Gasteiger partial charge in [0.05, 0.1) is 6.04 Å². The average Bonchev–Trinajstić information content (AvgIpc) is 3.30. The first-order chi connectivity index (χ1) is 12.2. The van der Waals surface area contributed by atoms with Crippen LogP contribution in [0, 0.1) is 5.82 Å². The van der Waals surface area contributed by atoms with Crippen molar-refractivity contribution in [2.24, 2.45) is 4.99 Å². The predicted octanol–water partition coefficient (Wildman–Crippen LogP) is 4.41. The quantitative estimate of drug-likeness (QED) is 0.431. The van der Waals surface area contributed by atoms with Crippen molar-refractivity contribution in [2.45, 2.75) is 59.0 Å². The van der Waals surface area contributed by atoms with Crippen molar-refractivity contribution >= 4 is 12.6 Å². The number of carbonyl (C=O) groups excluding carboxylic acids is 1. The molecule has 1 aliphatic carbocycles. The molecular formula is C21H28FN3O. The highest BCUT2D eigenvalue weighted by Gasteiger charge is 2.38. The van der Waals surface area contributed by atoms with E-state index < -0.39 is 0 Å². The van der Waals surface area contributed by atoms with Crippen LogP contribution in [-0.2, 0) is 4.79 Å². The number of nitrogens with zero attached hydrogens (tertiary/aromatic N) is 1. The minimum atomic E-state index is -0.294. The molecule has 0 bridgehead atoms. The van der Waals surface area contributed by atoms with E-state index in [-0.39, 0.29) is 23.3 Å². The number of carbonyl (C=O) groups is 1. The van der Waals surface area contributed by atoms with Gasteiger partial charge < -0.3 is 10.6 Å². The Morgan fingerprint density at radius 3 is 2.27 bits per heavy atom. The van der Waals surface area contributed by atoms with E-state index >= 15 is 0 Å². The van der Waals surface area contributed by atoms with Gasteiger partial charge in [-0.15, -0.1) is 0 Å². The molecule has 0 unspecified atom stereocenters. The van der Waals surface area contributed by atoms with Crippen LogP contribution in [0.4, 0.5) is 4.39 Å². The predicted molar refractivity (Wildman–Crippen MR) is 104 cm³/mol. The molecule has 1 aromatic carbocycles. The number of benzene rings is 1. The summed E-state index contributed by atoms with van der Waals surface area (Å²) >= 11 is 0. The van der Waals surface area contributed by atoms with Gasteiger partial charge in [0.15, 0.2) is 0 Å². The number of halogens is 1. The molecule has 140 valence electrons. The first-order valence-corrected chi connectivity index (χ1v) is 8.87. The van der Waals surface area contributed by atoms with Crippen molar-refractivity contribution in [3.63, 3.8) is 0 Å². The molecule has 4 nitrogen and oxygen atoms in total. The smallest absolute Gasteiger partial charge is 0.252 e. The Kier molecular flexibility index (Phi) is 6.01. The second kappa shape index (κ2) is 7.85. The SMILES string of the molecule is C=N/C(NC1(C)CC1)=C(\C)C(C(=O)N[C@H](C)c1ccc(F)cc1)=C(C)C. The molecule has 0 aliphatic heterocycles. The molecule has 1 saturated carbocycles. The third kappa shape index (κ3) is 4.81. The molecule has 0 heterocycles. The van der Waals surface area contributed by atoms with Crippen LogP contribution in [0.3, 0.4) is 0 Å². The Hall–Kier alpha value is -2.43. The number of hydrogen-bond acceptors (Lipinski definition) is 3. The van der Waals surface area contributed by atoms with Crippen LogP contribution in [0.2, 0.25) is 0 Å².